The first-order valence-electron chi connectivity index (χ1n) is 4.91. The molecule has 0 saturated carbocycles. The molecule has 2 heterocycles. The van der Waals surface area contributed by atoms with E-state index in [4.69, 9.17) is 5.73 Å². The Morgan fingerprint density at radius 3 is 2.62 bits per heavy atom. The maximum Gasteiger partial charge on any atom is 0.267 e. The zero-order chi connectivity index (χ0) is 11.4. The van der Waals surface area contributed by atoms with Crippen molar-refractivity contribution in [1.29, 1.82) is 0 Å². The molecular weight excluding hydrogens is 202 g/mol. The fourth-order valence-corrected chi connectivity index (χ4v) is 1.50. The van der Waals surface area contributed by atoms with Crippen molar-refractivity contribution in [1.82, 2.24) is 9.97 Å². The predicted octanol–water partition coefficient (Wildman–Crippen LogP) is 1.17. The second kappa shape index (κ2) is 4.53. The molecule has 0 spiro atoms. The number of amides is 1. The Balaban J connectivity index is 2.31. The van der Waals surface area contributed by atoms with E-state index in [9.17, 15) is 4.79 Å². The highest BCUT2D eigenvalue weighted by Gasteiger charge is 2.09. The van der Waals surface area contributed by atoms with Gasteiger partial charge in [-0.3, -0.25) is 14.8 Å². The maximum atomic E-state index is 11.2. The zero-order valence-electron chi connectivity index (χ0n) is 8.63. The van der Waals surface area contributed by atoms with Gasteiger partial charge in [-0.1, -0.05) is 12.1 Å². The summed E-state index contributed by atoms with van der Waals surface area (Å²) in [6.45, 7) is 0. The van der Waals surface area contributed by atoms with E-state index in [1.54, 1.807) is 18.5 Å². The molecule has 0 bridgehead atoms. The second-order valence-electron chi connectivity index (χ2n) is 3.37. The van der Waals surface area contributed by atoms with Crippen LogP contribution < -0.4 is 5.73 Å². The van der Waals surface area contributed by atoms with Crippen molar-refractivity contribution in [3.63, 3.8) is 0 Å². The zero-order valence-corrected chi connectivity index (χ0v) is 8.63. The van der Waals surface area contributed by atoms with Gasteiger partial charge in [-0.05, 0) is 23.8 Å². The van der Waals surface area contributed by atoms with Crippen molar-refractivity contribution in [2.24, 2.45) is 5.73 Å². The summed E-state index contributed by atoms with van der Waals surface area (Å²) < 4.78 is 0. The highest BCUT2D eigenvalue weighted by atomic mass is 16.1. The summed E-state index contributed by atoms with van der Waals surface area (Å²) >= 11 is 0. The summed E-state index contributed by atoms with van der Waals surface area (Å²) in [6, 6.07) is 9.27. The van der Waals surface area contributed by atoms with Gasteiger partial charge in [0.2, 0.25) is 0 Å². The van der Waals surface area contributed by atoms with Crippen LogP contribution in [0.5, 0.6) is 0 Å². The van der Waals surface area contributed by atoms with Crippen LogP contribution in [0.2, 0.25) is 0 Å². The first-order valence-corrected chi connectivity index (χ1v) is 4.91. The van der Waals surface area contributed by atoms with Crippen LogP contribution in [-0.2, 0) is 6.42 Å². The minimum Gasteiger partial charge on any atom is -0.364 e. The summed E-state index contributed by atoms with van der Waals surface area (Å²) in [4.78, 5) is 19.3. The Morgan fingerprint density at radius 1 is 1.12 bits per heavy atom. The van der Waals surface area contributed by atoms with E-state index in [1.807, 2.05) is 24.3 Å². The number of hydrogen-bond donors (Lipinski definition) is 1. The number of primary amides is 1. The normalized spacial score (nSPS) is 10.0. The van der Waals surface area contributed by atoms with Crippen LogP contribution in [0.3, 0.4) is 0 Å². The number of nitrogens with two attached hydrogens (primary N) is 1. The van der Waals surface area contributed by atoms with E-state index in [2.05, 4.69) is 9.97 Å². The third-order valence-electron chi connectivity index (χ3n) is 2.22. The van der Waals surface area contributed by atoms with E-state index >= 15 is 0 Å². The van der Waals surface area contributed by atoms with Gasteiger partial charge >= 0.3 is 0 Å². The molecule has 2 N–H and O–H groups in total. The molecule has 0 aromatic carbocycles. The Kier molecular flexibility index (Phi) is 2.91. The molecule has 16 heavy (non-hydrogen) atoms. The van der Waals surface area contributed by atoms with Crippen molar-refractivity contribution < 1.29 is 4.79 Å². The molecule has 0 saturated heterocycles. The smallest absolute Gasteiger partial charge is 0.267 e. The quantitative estimate of drug-likeness (QED) is 0.832. The predicted molar refractivity (Wildman–Crippen MR) is 59.8 cm³/mol. The third-order valence-corrected chi connectivity index (χ3v) is 2.22. The van der Waals surface area contributed by atoms with E-state index in [1.165, 1.54) is 0 Å². The molecule has 4 nitrogen and oxygen atoms in total. The highest BCUT2D eigenvalue weighted by Crippen LogP contribution is 2.10. The van der Waals surface area contributed by atoms with Crippen molar-refractivity contribution in [3.8, 4) is 0 Å². The molecule has 0 atom stereocenters. The summed E-state index contributed by atoms with van der Waals surface area (Å²) in [5.41, 5.74) is 7.25. The van der Waals surface area contributed by atoms with Crippen LogP contribution in [0.15, 0.2) is 42.7 Å². The Hall–Kier alpha value is -2.23. The lowest BCUT2D eigenvalue weighted by atomic mass is 10.1. The summed E-state index contributed by atoms with van der Waals surface area (Å²) in [6.07, 6.45) is 3.84. The van der Waals surface area contributed by atoms with Crippen LogP contribution in [0.25, 0.3) is 0 Å². The van der Waals surface area contributed by atoms with Crippen molar-refractivity contribution in [3.05, 3.63) is 59.7 Å². The third kappa shape index (κ3) is 2.23. The van der Waals surface area contributed by atoms with Gasteiger partial charge in [-0.15, -0.1) is 0 Å². The molecule has 0 radical (unpaired) electrons. The lowest BCUT2D eigenvalue weighted by molar-refractivity contribution is 0.0994. The van der Waals surface area contributed by atoms with Gasteiger partial charge in [0.1, 0.15) is 5.69 Å². The largest absolute Gasteiger partial charge is 0.364 e. The summed E-state index contributed by atoms with van der Waals surface area (Å²) in [7, 11) is 0. The van der Waals surface area contributed by atoms with Gasteiger partial charge in [0.15, 0.2) is 0 Å². The number of carbonyl (C=O) groups excluding carboxylic acids is 1. The van der Waals surface area contributed by atoms with Crippen LogP contribution in [0.4, 0.5) is 0 Å². The molecule has 0 aliphatic carbocycles. The van der Waals surface area contributed by atoms with Gasteiger partial charge in [0.25, 0.3) is 5.91 Å². The highest BCUT2D eigenvalue weighted by molar-refractivity contribution is 5.92. The molecule has 0 fully saturated rings. The molecule has 0 unspecified atom stereocenters. The average molecular weight is 213 g/mol. The van der Waals surface area contributed by atoms with Crippen molar-refractivity contribution in [2.75, 3.05) is 0 Å². The monoisotopic (exact) mass is 213 g/mol. The molecule has 2 aromatic rings. The molecule has 4 heteroatoms. The van der Waals surface area contributed by atoms with Gasteiger partial charge in [0.05, 0.1) is 0 Å². The maximum absolute atomic E-state index is 11.2. The molecular formula is C12H11N3O. The number of carbonyl (C=O) groups is 1. The average Bonchev–Trinajstić information content (AvgIpc) is 2.31. The Bertz CT molecular complexity index is 497. The Labute approximate surface area is 93.2 Å². The molecule has 2 rings (SSSR count). The fraction of sp³-hybridized carbons (Fsp3) is 0.0833. The Morgan fingerprint density at radius 2 is 1.94 bits per heavy atom. The first-order chi connectivity index (χ1) is 7.77. The standard InChI is InChI=1S/C12H11N3O/c13-12(16)11-9(4-3-7-15-11)8-10-5-1-2-6-14-10/h1-7H,8H2,(H2,13,16). The number of hydrogen-bond acceptors (Lipinski definition) is 3. The number of pyridine rings is 2. The number of rotatable bonds is 3. The van der Waals surface area contributed by atoms with Crippen LogP contribution in [0, 0.1) is 0 Å². The van der Waals surface area contributed by atoms with Crippen LogP contribution in [0.1, 0.15) is 21.7 Å². The lowest BCUT2D eigenvalue weighted by Gasteiger charge is -2.04. The summed E-state index contributed by atoms with van der Waals surface area (Å²) in [5.74, 6) is -0.508. The van der Waals surface area contributed by atoms with E-state index in [0.717, 1.165) is 11.3 Å². The number of nitrogens with zero attached hydrogens (tertiary/aromatic N) is 2. The van der Waals surface area contributed by atoms with Crippen molar-refractivity contribution >= 4 is 5.91 Å². The molecule has 0 aliphatic rings. The lowest BCUT2D eigenvalue weighted by Crippen LogP contribution is -2.16. The van der Waals surface area contributed by atoms with E-state index in [-0.39, 0.29) is 0 Å². The fourth-order valence-electron chi connectivity index (χ4n) is 1.50. The summed E-state index contributed by atoms with van der Waals surface area (Å²) in [5, 5.41) is 0. The SMILES string of the molecule is NC(=O)c1ncccc1Cc1ccccn1. The molecule has 80 valence electrons. The molecule has 2 aromatic heterocycles. The van der Waals surface area contributed by atoms with Crippen LogP contribution in [-0.4, -0.2) is 15.9 Å². The van der Waals surface area contributed by atoms with E-state index < -0.39 is 5.91 Å². The second-order valence-corrected chi connectivity index (χ2v) is 3.37. The van der Waals surface area contributed by atoms with Gasteiger partial charge in [-0.2, -0.15) is 0 Å². The number of aromatic nitrogens is 2. The first kappa shape index (κ1) is 10.3. The van der Waals surface area contributed by atoms with Crippen LogP contribution >= 0.6 is 0 Å². The van der Waals surface area contributed by atoms with Crippen molar-refractivity contribution in [2.45, 2.75) is 6.42 Å². The van der Waals surface area contributed by atoms with E-state index in [0.29, 0.717) is 12.1 Å². The topological polar surface area (TPSA) is 68.9 Å². The van der Waals surface area contributed by atoms with Gasteiger partial charge in [-0.25, -0.2) is 0 Å². The molecule has 0 aliphatic heterocycles. The van der Waals surface area contributed by atoms with Gasteiger partial charge < -0.3 is 5.73 Å². The molecule has 1 amide bonds. The van der Waals surface area contributed by atoms with Gasteiger partial charge in [0, 0.05) is 24.5 Å². The minimum absolute atomic E-state index is 0.313. The minimum atomic E-state index is -0.508.